The van der Waals surface area contributed by atoms with Crippen molar-refractivity contribution >= 4 is 21.8 Å². The topological polar surface area (TPSA) is 68.4 Å². The summed E-state index contributed by atoms with van der Waals surface area (Å²) in [5.41, 5.74) is 5.42. The SMILES string of the molecule is CN1CC[C@H](Oc2ncc(Br)cc2C(N)=O)[C@H](F)C1. The van der Waals surface area contributed by atoms with Gasteiger partial charge in [0, 0.05) is 23.8 Å². The first-order valence-corrected chi connectivity index (χ1v) is 6.71. The van der Waals surface area contributed by atoms with Crippen LogP contribution in [0.5, 0.6) is 5.88 Å². The van der Waals surface area contributed by atoms with E-state index in [0.29, 0.717) is 17.4 Å². The summed E-state index contributed by atoms with van der Waals surface area (Å²) in [5, 5.41) is 0. The number of amides is 1. The molecule has 104 valence electrons. The number of rotatable bonds is 3. The van der Waals surface area contributed by atoms with Gasteiger partial charge in [0.25, 0.3) is 5.91 Å². The molecule has 1 amide bonds. The first-order valence-electron chi connectivity index (χ1n) is 5.92. The Kier molecular flexibility index (Phi) is 4.36. The highest BCUT2D eigenvalue weighted by Crippen LogP contribution is 2.24. The third-order valence-electron chi connectivity index (χ3n) is 3.03. The van der Waals surface area contributed by atoms with Gasteiger partial charge in [0.1, 0.15) is 17.8 Å². The van der Waals surface area contributed by atoms with Crippen molar-refractivity contribution in [1.29, 1.82) is 0 Å². The maximum absolute atomic E-state index is 13.9. The Morgan fingerprint density at radius 2 is 2.42 bits per heavy atom. The van der Waals surface area contributed by atoms with Crippen LogP contribution < -0.4 is 10.5 Å². The molecule has 0 bridgehead atoms. The molecule has 0 radical (unpaired) electrons. The second kappa shape index (κ2) is 5.83. The van der Waals surface area contributed by atoms with Gasteiger partial charge in [-0.15, -0.1) is 0 Å². The zero-order valence-electron chi connectivity index (χ0n) is 10.5. The van der Waals surface area contributed by atoms with Crippen LogP contribution >= 0.6 is 15.9 Å². The van der Waals surface area contributed by atoms with Gasteiger partial charge in [-0.2, -0.15) is 0 Å². The van der Waals surface area contributed by atoms with Gasteiger partial charge in [0.15, 0.2) is 0 Å². The number of pyridine rings is 1. The standard InChI is InChI=1S/C12H15BrFN3O2/c1-17-3-2-10(9(14)6-17)19-12-8(11(15)18)4-7(13)5-16-12/h4-5,9-10H,2-3,6H2,1H3,(H2,15,18)/t9-,10+/m1/s1. The Bertz CT molecular complexity index is 486. The number of hydrogen-bond donors (Lipinski definition) is 1. The maximum atomic E-state index is 13.9. The van der Waals surface area contributed by atoms with E-state index >= 15 is 0 Å². The summed E-state index contributed by atoms with van der Waals surface area (Å²) in [6.45, 7) is 1.06. The van der Waals surface area contributed by atoms with E-state index in [4.69, 9.17) is 10.5 Å². The first-order chi connectivity index (χ1) is 8.97. The molecule has 5 nitrogen and oxygen atoms in total. The molecule has 0 unspecified atom stereocenters. The Balaban J connectivity index is 2.17. The molecule has 1 aliphatic heterocycles. The highest BCUT2D eigenvalue weighted by molar-refractivity contribution is 9.10. The fraction of sp³-hybridized carbons (Fsp3) is 0.500. The van der Waals surface area contributed by atoms with E-state index < -0.39 is 18.2 Å². The molecule has 1 fully saturated rings. The lowest BCUT2D eigenvalue weighted by atomic mass is 10.1. The van der Waals surface area contributed by atoms with E-state index in [0.717, 1.165) is 6.54 Å². The lowest BCUT2D eigenvalue weighted by Gasteiger charge is -2.32. The van der Waals surface area contributed by atoms with Crippen molar-refractivity contribution in [2.75, 3.05) is 20.1 Å². The number of halogens is 2. The average Bonchev–Trinajstić information content (AvgIpc) is 2.34. The minimum absolute atomic E-state index is 0.0907. The minimum Gasteiger partial charge on any atom is -0.471 e. The van der Waals surface area contributed by atoms with Crippen LogP contribution in [0.1, 0.15) is 16.8 Å². The van der Waals surface area contributed by atoms with Crippen LogP contribution in [0.4, 0.5) is 4.39 Å². The Morgan fingerprint density at radius 3 is 3.05 bits per heavy atom. The highest BCUT2D eigenvalue weighted by atomic mass is 79.9. The quantitative estimate of drug-likeness (QED) is 0.908. The van der Waals surface area contributed by atoms with Gasteiger partial charge >= 0.3 is 0 Å². The van der Waals surface area contributed by atoms with Crippen LogP contribution in [-0.4, -0.2) is 48.2 Å². The third kappa shape index (κ3) is 3.42. The molecule has 1 aromatic heterocycles. The summed E-state index contributed by atoms with van der Waals surface area (Å²) in [4.78, 5) is 17.2. The van der Waals surface area contributed by atoms with Crippen molar-refractivity contribution in [2.24, 2.45) is 5.73 Å². The number of hydrogen-bond acceptors (Lipinski definition) is 4. The molecule has 1 saturated heterocycles. The maximum Gasteiger partial charge on any atom is 0.254 e. The van der Waals surface area contributed by atoms with E-state index in [-0.39, 0.29) is 11.4 Å². The number of nitrogens with zero attached hydrogens (tertiary/aromatic N) is 2. The molecular weight excluding hydrogens is 317 g/mol. The molecule has 2 heterocycles. The van der Waals surface area contributed by atoms with Gasteiger partial charge < -0.3 is 15.4 Å². The summed E-state index contributed by atoms with van der Waals surface area (Å²) in [7, 11) is 1.86. The molecule has 0 saturated carbocycles. The predicted octanol–water partition coefficient (Wildman–Crippen LogP) is 1.36. The average molecular weight is 332 g/mol. The van der Waals surface area contributed by atoms with Crippen LogP contribution in [-0.2, 0) is 0 Å². The van der Waals surface area contributed by atoms with E-state index in [1.807, 2.05) is 11.9 Å². The molecule has 2 atom stereocenters. The van der Waals surface area contributed by atoms with Crippen LogP contribution in [0, 0.1) is 0 Å². The number of nitrogens with two attached hydrogens (primary N) is 1. The number of carbonyl (C=O) groups is 1. The van der Waals surface area contributed by atoms with Gasteiger partial charge in [-0.25, -0.2) is 9.37 Å². The van der Waals surface area contributed by atoms with Gasteiger partial charge in [-0.1, -0.05) is 0 Å². The second-order valence-electron chi connectivity index (χ2n) is 4.59. The summed E-state index contributed by atoms with van der Waals surface area (Å²) in [6, 6.07) is 1.52. The largest absolute Gasteiger partial charge is 0.471 e. The molecule has 1 aliphatic rings. The Morgan fingerprint density at radius 1 is 1.68 bits per heavy atom. The van der Waals surface area contributed by atoms with Crippen LogP contribution in [0.3, 0.4) is 0 Å². The monoisotopic (exact) mass is 331 g/mol. The molecular formula is C12H15BrFN3O2. The number of likely N-dealkylation sites (tertiary alicyclic amines) is 1. The van der Waals surface area contributed by atoms with Crippen molar-refractivity contribution in [3.05, 3.63) is 22.3 Å². The number of carbonyl (C=O) groups excluding carboxylic acids is 1. The van der Waals surface area contributed by atoms with Crippen molar-refractivity contribution in [1.82, 2.24) is 9.88 Å². The molecule has 0 aromatic carbocycles. The second-order valence-corrected chi connectivity index (χ2v) is 5.51. The van der Waals surface area contributed by atoms with E-state index in [1.54, 1.807) is 0 Å². The molecule has 19 heavy (non-hydrogen) atoms. The van der Waals surface area contributed by atoms with Gasteiger partial charge in [0.05, 0.1) is 0 Å². The lowest BCUT2D eigenvalue weighted by molar-refractivity contribution is 0.0280. The lowest BCUT2D eigenvalue weighted by Crippen LogP contribution is -2.45. The Hall–Kier alpha value is -1.21. The Labute approximate surface area is 119 Å². The van der Waals surface area contributed by atoms with Gasteiger partial charge in [-0.05, 0) is 35.5 Å². The third-order valence-corrected chi connectivity index (χ3v) is 3.46. The zero-order valence-corrected chi connectivity index (χ0v) is 12.1. The molecule has 1 aromatic rings. The molecule has 0 spiro atoms. The molecule has 0 aliphatic carbocycles. The summed E-state index contributed by atoms with van der Waals surface area (Å²) in [5.74, 6) is -0.556. The normalized spacial score (nSPS) is 24.2. The number of alkyl halides is 1. The van der Waals surface area contributed by atoms with Crippen LogP contribution in [0.15, 0.2) is 16.7 Å². The van der Waals surface area contributed by atoms with Crippen molar-refractivity contribution in [3.63, 3.8) is 0 Å². The van der Waals surface area contributed by atoms with Crippen LogP contribution in [0.25, 0.3) is 0 Å². The molecule has 7 heteroatoms. The predicted molar refractivity (Wildman–Crippen MR) is 71.9 cm³/mol. The number of primary amides is 1. The van der Waals surface area contributed by atoms with Crippen molar-refractivity contribution < 1.29 is 13.9 Å². The smallest absolute Gasteiger partial charge is 0.254 e. The molecule has 2 rings (SSSR count). The first kappa shape index (κ1) is 14.2. The van der Waals surface area contributed by atoms with E-state index in [9.17, 15) is 9.18 Å². The number of piperidine rings is 1. The van der Waals surface area contributed by atoms with Gasteiger partial charge in [-0.3, -0.25) is 4.79 Å². The van der Waals surface area contributed by atoms with Crippen molar-refractivity contribution in [2.45, 2.75) is 18.7 Å². The molecule has 2 N–H and O–H groups in total. The zero-order chi connectivity index (χ0) is 14.0. The number of ether oxygens (including phenoxy) is 1. The fourth-order valence-corrected chi connectivity index (χ4v) is 2.34. The fourth-order valence-electron chi connectivity index (χ4n) is 2.01. The van der Waals surface area contributed by atoms with E-state index in [1.165, 1.54) is 12.3 Å². The van der Waals surface area contributed by atoms with Crippen molar-refractivity contribution in [3.8, 4) is 5.88 Å². The number of aromatic nitrogens is 1. The highest BCUT2D eigenvalue weighted by Gasteiger charge is 2.30. The van der Waals surface area contributed by atoms with Crippen LogP contribution in [0.2, 0.25) is 0 Å². The summed E-state index contributed by atoms with van der Waals surface area (Å²) < 4.78 is 20.0. The van der Waals surface area contributed by atoms with E-state index in [2.05, 4.69) is 20.9 Å². The minimum atomic E-state index is -1.11. The van der Waals surface area contributed by atoms with Gasteiger partial charge in [0.2, 0.25) is 5.88 Å². The summed E-state index contributed by atoms with van der Waals surface area (Å²) in [6.07, 6.45) is 0.338. The summed E-state index contributed by atoms with van der Waals surface area (Å²) >= 11 is 3.20.